The number of hydrogen-bond acceptors (Lipinski definition) is 7. The van der Waals surface area contributed by atoms with Gasteiger partial charge in [-0.15, -0.1) is 11.3 Å². The average Bonchev–Trinajstić information content (AvgIpc) is 3.58. The molecule has 1 aliphatic heterocycles. The number of aliphatic hydroxyl groups excluding tert-OH is 1. The molecule has 1 amide bonds. The zero-order valence-corrected chi connectivity index (χ0v) is 20.4. The maximum Gasteiger partial charge on any atom is 0.296 e. The number of thiazole rings is 1. The largest absolute Gasteiger partial charge is 0.503 e. The standard InChI is InChI=1S/C26H21FN2O4S2/c1-2-3-12-33-17-9-6-15(7-10-17)22-21(23(30)19-5-4-13-34-19)24(31)25(32)29(22)26-28-18-11-8-16(27)14-20(18)35-26/h4-11,13-14,22,31H,2-3,12H2,1H3. The Balaban J connectivity index is 1.59. The van der Waals surface area contributed by atoms with E-state index in [4.69, 9.17) is 4.74 Å². The average molecular weight is 509 g/mol. The highest BCUT2D eigenvalue weighted by Gasteiger charge is 2.46. The van der Waals surface area contributed by atoms with E-state index in [1.165, 1.54) is 34.4 Å². The van der Waals surface area contributed by atoms with E-state index < -0.39 is 29.3 Å². The van der Waals surface area contributed by atoms with Gasteiger partial charge in [-0.1, -0.05) is 42.9 Å². The van der Waals surface area contributed by atoms with Gasteiger partial charge in [-0.25, -0.2) is 9.37 Å². The van der Waals surface area contributed by atoms with Crippen molar-refractivity contribution in [2.45, 2.75) is 25.8 Å². The third kappa shape index (κ3) is 4.33. The van der Waals surface area contributed by atoms with E-state index in [0.29, 0.717) is 33.0 Å². The summed E-state index contributed by atoms with van der Waals surface area (Å²) in [6.07, 6.45) is 1.95. The fraction of sp³-hybridized carbons (Fsp3) is 0.192. The van der Waals surface area contributed by atoms with Gasteiger partial charge < -0.3 is 9.84 Å². The number of rotatable bonds is 8. The fourth-order valence-corrected chi connectivity index (χ4v) is 5.66. The van der Waals surface area contributed by atoms with Crippen molar-refractivity contribution < 1.29 is 23.8 Å². The van der Waals surface area contributed by atoms with Gasteiger partial charge in [0.05, 0.1) is 33.3 Å². The minimum absolute atomic E-state index is 0.0115. The number of aromatic nitrogens is 1. The first-order valence-corrected chi connectivity index (χ1v) is 12.8. The number of unbranched alkanes of at least 4 members (excludes halogenated alkanes) is 1. The Kier molecular flexibility index (Phi) is 6.36. The molecule has 4 aromatic rings. The number of halogens is 1. The summed E-state index contributed by atoms with van der Waals surface area (Å²) in [6, 6.07) is 13.8. The predicted octanol–water partition coefficient (Wildman–Crippen LogP) is 6.46. The SMILES string of the molecule is CCCCOc1ccc(C2C(C(=O)c3cccs3)=C(O)C(=O)N2c2nc3ccc(F)cc3s2)cc1. The maximum absolute atomic E-state index is 13.8. The lowest BCUT2D eigenvalue weighted by molar-refractivity contribution is -0.117. The molecule has 9 heteroatoms. The van der Waals surface area contributed by atoms with E-state index in [0.717, 1.165) is 24.2 Å². The van der Waals surface area contributed by atoms with Crippen LogP contribution in [0.5, 0.6) is 5.75 Å². The normalized spacial score (nSPS) is 15.9. The van der Waals surface area contributed by atoms with Gasteiger partial charge in [0.1, 0.15) is 11.6 Å². The topological polar surface area (TPSA) is 79.7 Å². The Labute approximate surface area is 208 Å². The molecule has 0 saturated carbocycles. The van der Waals surface area contributed by atoms with Crippen molar-refractivity contribution in [1.82, 2.24) is 4.98 Å². The summed E-state index contributed by atoms with van der Waals surface area (Å²) >= 11 is 2.36. The van der Waals surface area contributed by atoms with Gasteiger partial charge in [-0.05, 0) is 53.8 Å². The fourth-order valence-electron chi connectivity index (χ4n) is 3.96. The molecule has 0 saturated heterocycles. The molecule has 2 aromatic heterocycles. The van der Waals surface area contributed by atoms with Gasteiger partial charge in [0, 0.05) is 0 Å². The lowest BCUT2D eigenvalue weighted by atomic mass is 9.95. The van der Waals surface area contributed by atoms with Crippen LogP contribution in [0.4, 0.5) is 9.52 Å². The molecule has 0 fully saturated rings. The van der Waals surface area contributed by atoms with Crippen LogP contribution in [0.15, 0.2) is 71.3 Å². The highest BCUT2D eigenvalue weighted by molar-refractivity contribution is 7.22. The number of Topliss-reactive ketones (excluding diaryl/α,β-unsaturated/α-hetero) is 1. The van der Waals surface area contributed by atoms with Crippen LogP contribution < -0.4 is 9.64 Å². The van der Waals surface area contributed by atoms with Crippen LogP contribution in [0.25, 0.3) is 10.2 Å². The molecule has 1 N–H and O–H groups in total. The molecule has 0 radical (unpaired) electrons. The summed E-state index contributed by atoms with van der Waals surface area (Å²) in [5.41, 5.74) is 1.13. The summed E-state index contributed by atoms with van der Waals surface area (Å²) in [6.45, 7) is 2.68. The second-order valence-electron chi connectivity index (χ2n) is 8.03. The number of fused-ring (bicyclic) bond motifs is 1. The Morgan fingerprint density at radius 2 is 2.00 bits per heavy atom. The smallest absolute Gasteiger partial charge is 0.296 e. The van der Waals surface area contributed by atoms with Gasteiger partial charge in [-0.3, -0.25) is 14.5 Å². The van der Waals surface area contributed by atoms with Crippen molar-refractivity contribution in [2.24, 2.45) is 0 Å². The molecule has 0 aliphatic carbocycles. The minimum atomic E-state index is -0.896. The Morgan fingerprint density at radius 3 is 2.71 bits per heavy atom. The Morgan fingerprint density at radius 1 is 1.20 bits per heavy atom. The molecule has 5 rings (SSSR count). The number of hydrogen-bond donors (Lipinski definition) is 1. The molecule has 35 heavy (non-hydrogen) atoms. The van der Waals surface area contributed by atoms with Crippen LogP contribution in [-0.4, -0.2) is 28.4 Å². The van der Waals surface area contributed by atoms with Crippen LogP contribution >= 0.6 is 22.7 Å². The van der Waals surface area contributed by atoms with Crippen LogP contribution in [0.3, 0.4) is 0 Å². The Hall–Kier alpha value is -3.56. The molecule has 1 atom stereocenters. The molecule has 6 nitrogen and oxygen atoms in total. The van der Waals surface area contributed by atoms with Crippen molar-refractivity contribution in [3.05, 3.63) is 87.6 Å². The van der Waals surface area contributed by atoms with Crippen LogP contribution in [-0.2, 0) is 4.79 Å². The minimum Gasteiger partial charge on any atom is -0.503 e. The summed E-state index contributed by atoms with van der Waals surface area (Å²) < 4.78 is 20.1. The molecule has 178 valence electrons. The number of aliphatic hydroxyl groups is 1. The Bertz CT molecular complexity index is 1430. The zero-order chi connectivity index (χ0) is 24.5. The molecule has 3 heterocycles. The van der Waals surface area contributed by atoms with Crippen LogP contribution in [0.2, 0.25) is 0 Å². The number of ketones is 1. The van der Waals surface area contributed by atoms with Crippen molar-refractivity contribution in [3.8, 4) is 5.75 Å². The number of thiophene rings is 1. The van der Waals surface area contributed by atoms with E-state index in [9.17, 15) is 19.1 Å². The number of anilines is 1. The second kappa shape index (κ2) is 9.59. The number of ether oxygens (including phenoxy) is 1. The van der Waals surface area contributed by atoms with E-state index in [1.54, 1.807) is 41.8 Å². The quantitative estimate of drug-likeness (QED) is 0.218. The first-order chi connectivity index (χ1) is 17.0. The van der Waals surface area contributed by atoms with Gasteiger partial charge >= 0.3 is 0 Å². The van der Waals surface area contributed by atoms with Crippen LogP contribution in [0, 0.1) is 5.82 Å². The summed E-state index contributed by atoms with van der Waals surface area (Å²) in [7, 11) is 0. The van der Waals surface area contributed by atoms with E-state index >= 15 is 0 Å². The summed E-state index contributed by atoms with van der Waals surface area (Å²) in [4.78, 5) is 32.9. The zero-order valence-electron chi connectivity index (χ0n) is 18.7. The number of nitrogens with zero attached hydrogens (tertiary/aromatic N) is 2. The highest BCUT2D eigenvalue weighted by Crippen LogP contribution is 2.44. The molecule has 1 unspecified atom stereocenters. The molecule has 1 aliphatic rings. The van der Waals surface area contributed by atoms with Crippen molar-refractivity contribution in [1.29, 1.82) is 0 Å². The third-order valence-electron chi connectivity index (χ3n) is 5.71. The summed E-state index contributed by atoms with van der Waals surface area (Å²) in [5, 5.41) is 12.9. The van der Waals surface area contributed by atoms with E-state index in [2.05, 4.69) is 11.9 Å². The summed E-state index contributed by atoms with van der Waals surface area (Å²) in [5.74, 6) is -1.49. The van der Waals surface area contributed by atoms with E-state index in [1.807, 2.05) is 0 Å². The van der Waals surface area contributed by atoms with Crippen molar-refractivity contribution in [2.75, 3.05) is 11.5 Å². The number of carbonyl (C=O) groups is 2. The molecule has 2 aromatic carbocycles. The van der Waals surface area contributed by atoms with Gasteiger partial charge in [0.25, 0.3) is 5.91 Å². The van der Waals surface area contributed by atoms with Crippen molar-refractivity contribution in [3.63, 3.8) is 0 Å². The highest BCUT2D eigenvalue weighted by atomic mass is 32.1. The predicted molar refractivity (Wildman–Crippen MR) is 135 cm³/mol. The third-order valence-corrected chi connectivity index (χ3v) is 7.59. The second-order valence-corrected chi connectivity index (χ2v) is 9.98. The monoisotopic (exact) mass is 508 g/mol. The number of amides is 1. The van der Waals surface area contributed by atoms with E-state index in [-0.39, 0.29) is 10.7 Å². The molecular weight excluding hydrogens is 487 g/mol. The molecular formula is C26H21FN2O4S2. The van der Waals surface area contributed by atoms with Crippen molar-refractivity contribution >= 4 is 49.7 Å². The lowest BCUT2D eigenvalue weighted by Crippen LogP contribution is -2.30. The first-order valence-electron chi connectivity index (χ1n) is 11.1. The maximum atomic E-state index is 13.8. The molecule has 0 bridgehead atoms. The van der Waals surface area contributed by atoms with Crippen LogP contribution in [0.1, 0.15) is 41.0 Å². The lowest BCUT2D eigenvalue weighted by Gasteiger charge is -2.24. The molecule has 0 spiro atoms. The van der Waals surface area contributed by atoms with Gasteiger partial charge in [-0.2, -0.15) is 0 Å². The first kappa shape index (κ1) is 23.2. The number of benzene rings is 2. The van der Waals surface area contributed by atoms with Gasteiger partial charge in [0.15, 0.2) is 10.9 Å². The number of carbonyl (C=O) groups excluding carboxylic acids is 2. The van der Waals surface area contributed by atoms with Gasteiger partial charge in [0.2, 0.25) is 5.78 Å².